The molecule has 2 atom stereocenters. The van der Waals surface area contributed by atoms with E-state index in [0.29, 0.717) is 19.1 Å². The van der Waals surface area contributed by atoms with E-state index in [-0.39, 0.29) is 0 Å². The van der Waals surface area contributed by atoms with Crippen LogP contribution < -0.4 is 10.1 Å². The van der Waals surface area contributed by atoms with E-state index in [1.807, 2.05) is 30.3 Å². The standard InChI is InChI=1S/C17H27NO2/c1-15-7-5-10-17(19,13-15)14-18-11-6-12-20-16-8-3-2-4-9-16/h2-4,8-9,15,18-19H,5-7,10-14H2,1H3. The first-order valence-corrected chi connectivity index (χ1v) is 7.79. The molecule has 0 heterocycles. The van der Waals surface area contributed by atoms with Crippen molar-refractivity contribution in [3.8, 4) is 5.75 Å². The van der Waals surface area contributed by atoms with E-state index < -0.39 is 5.60 Å². The molecule has 0 spiro atoms. The second-order valence-corrected chi connectivity index (χ2v) is 6.12. The van der Waals surface area contributed by atoms with Gasteiger partial charge >= 0.3 is 0 Å². The maximum Gasteiger partial charge on any atom is 0.119 e. The van der Waals surface area contributed by atoms with Crippen molar-refractivity contribution in [2.45, 2.75) is 44.6 Å². The lowest BCUT2D eigenvalue weighted by Gasteiger charge is -2.35. The van der Waals surface area contributed by atoms with Crippen molar-refractivity contribution in [1.82, 2.24) is 5.32 Å². The number of nitrogens with one attached hydrogen (secondary N) is 1. The molecule has 20 heavy (non-hydrogen) atoms. The maximum absolute atomic E-state index is 10.5. The van der Waals surface area contributed by atoms with Crippen LogP contribution >= 0.6 is 0 Å². The van der Waals surface area contributed by atoms with Gasteiger partial charge in [-0.05, 0) is 43.9 Å². The van der Waals surface area contributed by atoms with Crippen molar-refractivity contribution in [1.29, 1.82) is 0 Å². The van der Waals surface area contributed by atoms with Crippen LogP contribution in [0, 0.1) is 5.92 Å². The minimum atomic E-state index is -0.488. The Morgan fingerprint density at radius 2 is 2.15 bits per heavy atom. The molecule has 0 bridgehead atoms. The summed E-state index contributed by atoms with van der Waals surface area (Å²) in [6, 6.07) is 9.89. The largest absolute Gasteiger partial charge is 0.494 e. The van der Waals surface area contributed by atoms with Crippen molar-refractivity contribution >= 4 is 0 Å². The van der Waals surface area contributed by atoms with Gasteiger partial charge in [0.25, 0.3) is 0 Å². The molecule has 1 saturated carbocycles. The van der Waals surface area contributed by atoms with Gasteiger partial charge in [0.15, 0.2) is 0 Å². The summed E-state index contributed by atoms with van der Waals surface area (Å²) in [5.74, 6) is 1.57. The molecule has 1 aromatic carbocycles. The van der Waals surface area contributed by atoms with Gasteiger partial charge in [-0.3, -0.25) is 0 Å². The zero-order valence-corrected chi connectivity index (χ0v) is 12.5. The van der Waals surface area contributed by atoms with Gasteiger partial charge in [0.1, 0.15) is 5.75 Å². The SMILES string of the molecule is CC1CCCC(O)(CNCCCOc2ccccc2)C1. The van der Waals surface area contributed by atoms with Crippen LogP contribution in [-0.2, 0) is 0 Å². The molecule has 1 aliphatic rings. The Bertz CT molecular complexity index is 382. The quantitative estimate of drug-likeness (QED) is 0.753. The molecule has 1 aromatic rings. The lowest BCUT2D eigenvalue weighted by molar-refractivity contribution is -0.0117. The van der Waals surface area contributed by atoms with Crippen LogP contribution in [0.25, 0.3) is 0 Å². The Hall–Kier alpha value is -1.06. The highest BCUT2D eigenvalue weighted by Crippen LogP contribution is 2.31. The number of hydrogen-bond donors (Lipinski definition) is 2. The molecule has 0 aliphatic heterocycles. The van der Waals surface area contributed by atoms with Crippen LogP contribution in [0.2, 0.25) is 0 Å². The zero-order chi connectivity index (χ0) is 14.3. The van der Waals surface area contributed by atoms with Crippen LogP contribution in [0.1, 0.15) is 39.0 Å². The lowest BCUT2D eigenvalue weighted by Crippen LogP contribution is -2.44. The van der Waals surface area contributed by atoms with Crippen LogP contribution in [0.5, 0.6) is 5.75 Å². The van der Waals surface area contributed by atoms with E-state index in [1.165, 1.54) is 6.42 Å². The Morgan fingerprint density at radius 1 is 1.35 bits per heavy atom. The molecule has 1 fully saturated rings. The highest BCUT2D eigenvalue weighted by atomic mass is 16.5. The third kappa shape index (κ3) is 5.14. The van der Waals surface area contributed by atoms with E-state index >= 15 is 0 Å². The fourth-order valence-corrected chi connectivity index (χ4v) is 3.02. The van der Waals surface area contributed by atoms with E-state index in [9.17, 15) is 5.11 Å². The second kappa shape index (κ2) is 7.65. The minimum absolute atomic E-state index is 0.488. The molecule has 2 N–H and O–H groups in total. The number of aliphatic hydroxyl groups is 1. The summed E-state index contributed by atoms with van der Waals surface area (Å²) in [6.45, 7) is 4.55. The number of benzene rings is 1. The van der Waals surface area contributed by atoms with Crippen molar-refractivity contribution < 1.29 is 9.84 Å². The summed E-state index contributed by atoms with van der Waals surface area (Å²) < 4.78 is 5.64. The summed E-state index contributed by atoms with van der Waals surface area (Å²) >= 11 is 0. The van der Waals surface area contributed by atoms with Crippen molar-refractivity contribution in [3.63, 3.8) is 0 Å². The highest BCUT2D eigenvalue weighted by Gasteiger charge is 2.31. The number of hydrogen-bond acceptors (Lipinski definition) is 3. The van der Waals surface area contributed by atoms with E-state index in [4.69, 9.17) is 4.74 Å². The predicted molar refractivity (Wildman–Crippen MR) is 82.0 cm³/mol. The normalized spacial score (nSPS) is 26.4. The second-order valence-electron chi connectivity index (χ2n) is 6.12. The van der Waals surface area contributed by atoms with Gasteiger partial charge in [-0.15, -0.1) is 0 Å². The third-order valence-electron chi connectivity index (χ3n) is 4.03. The zero-order valence-electron chi connectivity index (χ0n) is 12.5. The van der Waals surface area contributed by atoms with Gasteiger partial charge in [0, 0.05) is 6.54 Å². The van der Waals surface area contributed by atoms with E-state index in [1.54, 1.807) is 0 Å². The summed E-state index contributed by atoms with van der Waals surface area (Å²) in [7, 11) is 0. The molecule has 0 radical (unpaired) electrons. The number of para-hydroxylation sites is 1. The van der Waals surface area contributed by atoms with Crippen LogP contribution in [0.4, 0.5) is 0 Å². The summed E-state index contributed by atoms with van der Waals surface area (Å²) in [6.07, 6.45) is 5.23. The van der Waals surface area contributed by atoms with Crippen molar-refractivity contribution in [2.75, 3.05) is 19.7 Å². The Labute approximate surface area is 122 Å². The summed E-state index contributed by atoms with van der Waals surface area (Å²) in [5.41, 5.74) is -0.488. The number of rotatable bonds is 7. The first-order chi connectivity index (χ1) is 9.68. The van der Waals surface area contributed by atoms with Crippen LogP contribution in [0.3, 0.4) is 0 Å². The Kier molecular flexibility index (Phi) is 5.86. The van der Waals surface area contributed by atoms with Gasteiger partial charge in [0.2, 0.25) is 0 Å². The van der Waals surface area contributed by atoms with Crippen LogP contribution in [-0.4, -0.2) is 30.4 Å². The molecular weight excluding hydrogens is 250 g/mol. The Morgan fingerprint density at radius 3 is 2.90 bits per heavy atom. The average Bonchev–Trinajstić information content (AvgIpc) is 2.43. The lowest BCUT2D eigenvalue weighted by atomic mass is 9.79. The smallest absolute Gasteiger partial charge is 0.119 e. The first-order valence-electron chi connectivity index (χ1n) is 7.79. The Balaban J connectivity index is 1.55. The van der Waals surface area contributed by atoms with Gasteiger partial charge in [-0.25, -0.2) is 0 Å². The predicted octanol–water partition coefficient (Wildman–Crippen LogP) is 2.99. The average molecular weight is 277 g/mol. The molecule has 112 valence electrons. The molecule has 0 aromatic heterocycles. The fourth-order valence-electron chi connectivity index (χ4n) is 3.02. The van der Waals surface area contributed by atoms with Crippen molar-refractivity contribution in [3.05, 3.63) is 30.3 Å². The molecule has 2 unspecified atom stereocenters. The van der Waals surface area contributed by atoms with Gasteiger partial charge in [-0.1, -0.05) is 38.0 Å². The first kappa shape index (κ1) is 15.3. The molecule has 3 heteroatoms. The topological polar surface area (TPSA) is 41.5 Å². The van der Waals surface area contributed by atoms with E-state index in [0.717, 1.165) is 38.0 Å². The molecule has 0 amide bonds. The van der Waals surface area contributed by atoms with Gasteiger partial charge in [0.05, 0.1) is 12.2 Å². The molecule has 0 saturated heterocycles. The molecule has 2 rings (SSSR count). The van der Waals surface area contributed by atoms with Crippen LogP contribution in [0.15, 0.2) is 30.3 Å². The molecule has 3 nitrogen and oxygen atoms in total. The fraction of sp³-hybridized carbons (Fsp3) is 0.647. The van der Waals surface area contributed by atoms with Crippen molar-refractivity contribution in [2.24, 2.45) is 5.92 Å². The number of ether oxygens (including phenoxy) is 1. The highest BCUT2D eigenvalue weighted by molar-refractivity contribution is 5.20. The van der Waals surface area contributed by atoms with Gasteiger partial charge < -0.3 is 15.2 Å². The van der Waals surface area contributed by atoms with Gasteiger partial charge in [-0.2, -0.15) is 0 Å². The summed E-state index contributed by atoms with van der Waals surface area (Å²) in [4.78, 5) is 0. The maximum atomic E-state index is 10.5. The molecular formula is C17H27NO2. The summed E-state index contributed by atoms with van der Waals surface area (Å²) in [5, 5.41) is 13.9. The third-order valence-corrected chi connectivity index (χ3v) is 4.03. The minimum Gasteiger partial charge on any atom is -0.494 e. The van der Waals surface area contributed by atoms with E-state index in [2.05, 4.69) is 12.2 Å². The molecule has 1 aliphatic carbocycles. The monoisotopic (exact) mass is 277 g/mol.